The quantitative estimate of drug-likeness (QED) is 0.713. The lowest BCUT2D eigenvalue weighted by atomic mass is 9.41. The molecule has 4 aliphatic carbocycles. The van der Waals surface area contributed by atoms with Gasteiger partial charge in [-0.15, -0.1) is 0 Å². The molecule has 4 saturated carbocycles. The molecule has 1 heteroatoms. The van der Waals surface area contributed by atoms with Gasteiger partial charge in [-0.2, -0.15) is 0 Å². The second kappa shape index (κ2) is 4.51. The van der Waals surface area contributed by atoms with Gasteiger partial charge in [-0.1, -0.05) is 39.5 Å². The molecule has 4 aliphatic rings. The molecule has 0 heterocycles. The van der Waals surface area contributed by atoms with E-state index in [2.05, 4.69) is 13.8 Å². The van der Waals surface area contributed by atoms with Crippen molar-refractivity contribution in [3.63, 3.8) is 0 Å². The van der Waals surface area contributed by atoms with Crippen molar-refractivity contribution in [2.45, 2.75) is 83.6 Å². The molecule has 0 saturated heterocycles. The second-order valence-corrected chi connectivity index (χ2v) is 7.78. The third-order valence-corrected chi connectivity index (χ3v) is 6.63. The third kappa shape index (κ3) is 1.85. The van der Waals surface area contributed by atoms with Crippen LogP contribution in [0.3, 0.4) is 0 Å². The van der Waals surface area contributed by atoms with Gasteiger partial charge in [0.15, 0.2) is 0 Å². The number of rotatable bonds is 5. The zero-order valence-corrected chi connectivity index (χ0v) is 12.4. The number of hydrogen-bond acceptors (Lipinski definition) is 1. The third-order valence-electron chi connectivity index (χ3n) is 6.63. The van der Waals surface area contributed by atoms with Crippen molar-refractivity contribution in [3.05, 3.63) is 0 Å². The van der Waals surface area contributed by atoms with Crippen molar-refractivity contribution in [2.24, 2.45) is 28.9 Å². The highest BCUT2D eigenvalue weighted by molar-refractivity contribution is 5.14. The average Bonchev–Trinajstić information content (AvgIpc) is 2.31. The normalized spacial score (nSPS) is 49.8. The maximum Gasteiger partial charge on any atom is 0.0193 e. The maximum atomic E-state index is 6.91. The van der Waals surface area contributed by atoms with Crippen molar-refractivity contribution in [2.75, 3.05) is 0 Å². The first-order chi connectivity index (χ1) is 8.62. The van der Waals surface area contributed by atoms with Crippen LogP contribution in [-0.2, 0) is 0 Å². The topological polar surface area (TPSA) is 26.0 Å². The van der Waals surface area contributed by atoms with Gasteiger partial charge < -0.3 is 5.73 Å². The molecule has 18 heavy (non-hydrogen) atoms. The van der Waals surface area contributed by atoms with Gasteiger partial charge in [-0.3, -0.25) is 0 Å². The van der Waals surface area contributed by atoms with E-state index in [1.165, 1.54) is 64.2 Å². The van der Waals surface area contributed by atoms with Crippen LogP contribution in [-0.4, -0.2) is 5.54 Å². The Hall–Kier alpha value is -0.0400. The number of nitrogens with two attached hydrogens (primary N) is 1. The first-order valence-electron chi connectivity index (χ1n) is 8.41. The molecule has 0 aromatic rings. The Kier molecular flexibility index (Phi) is 3.25. The van der Waals surface area contributed by atoms with Gasteiger partial charge in [-0.25, -0.2) is 0 Å². The summed E-state index contributed by atoms with van der Waals surface area (Å²) in [5.74, 6) is 2.80. The molecule has 1 nitrogen and oxygen atoms in total. The molecule has 4 fully saturated rings. The van der Waals surface area contributed by atoms with Crippen LogP contribution < -0.4 is 5.73 Å². The SMILES string of the molecule is CCCCCC1C2(N)CC3CC(C2)CC1(CC)C3. The molecule has 0 spiro atoms. The van der Waals surface area contributed by atoms with Crippen molar-refractivity contribution in [1.82, 2.24) is 0 Å². The molecule has 0 radical (unpaired) electrons. The van der Waals surface area contributed by atoms with Crippen molar-refractivity contribution < 1.29 is 0 Å². The van der Waals surface area contributed by atoms with Crippen molar-refractivity contribution in [1.29, 1.82) is 0 Å². The first-order valence-corrected chi connectivity index (χ1v) is 8.41. The van der Waals surface area contributed by atoms with Gasteiger partial charge in [0.1, 0.15) is 0 Å². The van der Waals surface area contributed by atoms with Crippen LogP contribution in [0.15, 0.2) is 0 Å². The van der Waals surface area contributed by atoms with Crippen molar-refractivity contribution in [3.8, 4) is 0 Å². The van der Waals surface area contributed by atoms with Crippen LogP contribution in [0.25, 0.3) is 0 Å². The molecule has 4 bridgehead atoms. The van der Waals surface area contributed by atoms with E-state index in [0.29, 0.717) is 5.41 Å². The lowest BCUT2D eigenvalue weighted by Gasteiger charge is -2.66. The summed E-state index contributed by atoms with van der Waals surface area (Å²) in [5.41, 5.74) is 7.78. The minimum absolute atomic E-state index is 0.230. The molecule has 0 aromatic heterocycles. The van der Waals surface area contributed by atoms with Crippen LogP contribution in [0.1, 0.15) is 78.1 Å². The summed E-state index contributed by atoms with van der Waals surface area (Å²) in [7, 11) is 0. The van der Waals surface area contributed by atoms with Gasteiger partial charge in [0.2, 0.25) is 0 Å². The molecule has 3 unspecified atom stereocenters. The maximum absolute atomic E-state index is 6.91. The fourth-order valence-electron chi connectivity index (χ4n) is 6.25. The Bertz CT molecular complexity index is 295. The molecule has 3 atom stereocenters. The largest absolute Gasteiger partial charge is 0.325 e. The highest BCUT2D eigenvalue weighted by Gasteiger charge is 2.60. The molecule has 4 rings (SSSR count). The van der Waals surface area contributed by atoms with E-state index in [-0.39, 0.29) is 5.54 Å². The Morgan fingerprint density at radius 2 is 1.67 bits per heavy atom. The van der Waals surface area contributed by atoms with E-state index in [1.807, 2.05) is 0 Å². The molecule has 2 N–H and O–H groups in total. The van der Waals surface area contributed by atoms with Crippen LogP contribution in [0.4, 0.5) is 0 Å². The molecule has 0 aliphatic heterocycles. The Balaban J connectivity index is 1.81. The number of hydrogen-bond donors (Lipinski definition) is 1. The zero-order valence-electron chi connectivity index (χ0n) is 12.4. The summed E-state index contributed by atoms with van der Waals surface area (Å²) < 4.78 is 0. The minimum Gasteiger partial charge on any atom is -0.325 e. The van der Waals surface area contributed by atoms with Crippen molar-refractivity contribution >= 4 is 0 Å². The van der Waals surface area contributed by atoms with Crippen LogP contribution >= 0.6 is 0 Å². The smallest absolute Gasteiger partial charge is 0.0193 e. The summed E-state index contributed by atoms with van der Waals surface area (Å²) in [5, 5.41) is 0. The highest BCUT2D eigenvalue weighted by Crippen LogP contribution is 2.65. The van der Waals surface area contributed by atoms with E-state index in [9.17, 15) is 0 Å². The first kappa shape index (κ1) is 13.0. The minimum atomic E-state index is 0.230. The summed E-state index contributed by atoms with van der Waals surface area (Å²) in [6, 6.07) is 0. The molecule has 104 valence electrons. The average molecular weight is 249 g/mol. The van der Waals surface area contributed by atoms with E-state index in [0.717, 1.165) is 17.8 Å². The number of unbranched alkanes of at least 4 members (excludes halogenated alkanes) is 2. The summed E-state index contributed by atoms with van der Waals surface area (Å²) in [6.45, 7) is 4.74. The molecular weight excluding hydrogens is 218 g/mol. The molecular formula is C17H31N. The second-order valence-electron chi connectivity index (χ2n) is 7.78. The Morgan fingerprint density at radius 3 is 2.22 bits per heavy atom. The van der Waals surface area contributed by atoms with E-state index < -0.39 is 0 Å². The standard InChI is InChI=1S/C17H31N/c1-3-5-6-7-15-16(4-2)9-13-8-14(10-16)12-17(15,18)11-13/h13-15H,3-12,18H2,1-2H3. The van der Waals surface area contributed by atoms with Gasteiger partial charge in [0.05, 0.1) is 0 Å². The monoisotopic (exact) mass is 249 g/mol. The van der Waals surface area contributed by atoms with E-state index in [4.69, 9.17) is 5.73 Å². The Morgan fingerprint density at radius 1 is 1.00 bits per heavy atom. The Labute approximate surface area is 113 Å². The van der Waals surface area contributed by atoms with Crippen LogP contribution in [0.5, 0.6) is 0 Å². The zero-order chi connectivity index (χ0) is 12.8. The van der Waals surface area contributed by atoms with Crippen LogP contribution in [0.2, 0.25) is 0 Å². The lowest BCUT2D eigenvalue weighted by molar-refractivity contribution is -0.128. The predicted molar refractivity (Wildman–Crippen MR) is 77.3 cm³/mol. The fraction of sp³-hybridized carbons (Fsp3) is 1.00. The van der Waals surface area contributed by atoms with Gasteiger partial charge >= 0.3 is 0 Å². The van der Waals surface area contributed by atoms with Crippen LogP contribution in [0, 0.1) is 23.2 Å². The predicted octanol–water partition coefficient (Wildman–Crippen LogP) is 4.50. The van der Waals surface area contributed by atoms with E-state index in [1.54, 1.807) is 0 Å². The summed E-state index contributed by atoms with van der Waals surface area (Å²) in [4.78, 5) is 0. The summed E-state index contributed by atoms with van der Waals surface area (Å²) >= 11 is 0. The highest BCUT2D eigenvalue weighted by atomic mass is 14.8. The van der Waals surface area contributed by atoms with E-state index >= 15 is 0 Å². The summed E-state index contributed by atoms with van der Waals surface area (Å²) in [6.07, 6.45) is 14.2. The lowest BCUT2D eigenvalue weighted by Crippen LogP contribution is -2.66. The van der Waals surface area contributed by atoms with Gasteiger partial charge in [-0.05, 0) is 61.7 Å². The molecule has 0 amide bonds. The van der Waals surface area contributed by atoms with Gasteiger partial charge in [0, 0.05) is 5.54 Å². The molecule has 0 aromatic carbocycles. The van der Waals surface area contributed by atoms with Gasteiger partial charge in [0.25, 0.3) is 0 Å². The fourth-order valence-corrected chi connectivity index (χ4v) is 6.25.